The molecule has 1 radical (unpaired) electrons. The normalized spacial score (nSPS) is 12.1. The van der Waals surface area contributed by atoms with Crippen molar-refractivity contribution in [3.05, 3.63) is 162 Å². The second kappa shape index (κ2) is 14.9. The van der Waals surface area contributed by atoms with Crippen LogP contribution in [0, 0.1) is 39.8 Å². The summed E-state index contributed by atoms with van der Waals surface area (Å²) in [6.07, 6.45) is 3.92. The van der Waals surface area contributed by atoms with Gasteiger partial charge < -0.3 is 19.4 Å². The first-order valence-electron chi connectivity index (χ1n) is 18.2. The van der Waals surface area contributed by atoms with Gasteiger partial charge in [-0.15, -0.1) is 59.1 Å². The summed E-state index contributed by atoms with van der Waals surface area (Å²) in [4.78, 5) is 9.35. The Bertz CT molecular complexity index is 2490. The van der Waals surface area contributed by atoms with Crippen molar-refractivity contribution in [1.29, 1.82) is 0 Å². The quantitative estimate of drug-likeness (QED) is 0.131. The Balaban J connectivity index is 0.000000211. The maximum Gasteiger partial charge on any atom is 0.241 e. The van der Waals surface area contributed by atoms with Crippen LogP contribution in [0.2, 0.25) is 0 Å². The number of benzene rings is 5. The largest absolute Gasteiger partial charge is 0.503 e. The molecule has 2 aromatic heterocycles. The van der Waals surface area contributed by atoms with Crippen LogP contribution < -0.4 is 25.9 Å². The third-order valence-corrected chi connectivity index (χ3v) is 10.2. The van der Waals surface area contributed by atoms with Gasteiger partial charge in [-0.2, -0.15) is 0 Å². The third-order valence-electron chi connectivity index (χ3n) is 10.2. The van der Waals surface area contributed by atoms with E-state index < -0.39 is 0 Å². The van der Waals surface area contributed by atoms with Crippen LogP contribution in [0.25, 0.3) is 33.6 Å². The van der Waals surface area contributed by atoms with Gasteiger partial charge in [0.15, 0.2) is 0 Å². The van der Waals surface area contributed by atoms with Crippen molar-refractivity contribution in [2.24, 2.45) is 0 Å². The zero-order valence-electron chi connectivity index (χ0n) is 31.7. The van der Waals surface area contributed by atoms with Gasteiger partial charge in [-0.3, -0.25) is 0 Å². The Labute approximate surface area is 333 Å². The number of nitrogens with zero attached hydrogens (tertiary/aromatic N) is 2. The fourth-order valence-electron chi connectivity index (χ4n) is 7.26. The summed E-state index contributed by atoms with van der Waals surface area (Å²) in [5.74, 6) is 3.37. The summed E-state index contributed by atoms with van der Waals surface area (Å²) in [6.45, 7) is 15.1. The van der Waals surface area contributed by atoms with Gasteiger partial charge in [0.25, 0.3) is 0 Å². The molecule has 54 heavy (non-hydrogen) atoms. The molecule has 4 nitrogen and oxygen atoms in total. The van der Waals surface area contributed by atoms with E-state index >= 15 is 0 Å². The van der Waals surface area contributed by atoms with Gasteiger partial charge in [0.1, 0.15) is 17.2 Å². The SMILES string of the molecule is Cc1c[c-]c(-c2ccc(C(C)(C)C)cn2)cc1.Cc1ccc(-c2cc(-c3[c-]ccc4c3Oc3cccc5c3B4c3ccccc3O5)ncc2C)c(C)c1.[Ir]. The first-order valence-corrected chi connectivity index (χ1v) is 18.2. The molecule has 269 valence electrons. The van der Waals surface area contributed by atoms with E-state index in [0.29, 0.717) is 0 Å². The summed E-state index contributed by atoms with van der Waals surface area (Å²) >= 11 is 0. The van der Waals surface area contributed by atoms with Crippen LogP contribution in [0.4, 0.5) is 0 Å². The van der Waals surface area contributed by atoms with Crippen LogP contribution in [0.5, 0.6) is 23.0 Å². The smallest absolute Gasteiger partial charge is 0.241 e. The van der Waals surface area contributed by atoms with Crippen LogP contribution in [0.15, 0.2) is 122 Å². The summed E-state index contributed by atoms with van der Waals surface area (Å²) < 4.78 is 12.8. The van der Waals surface area contributed by atoms with Gasteiger partial charge in [-0.1, -0.05) is 99.5 Å². The predicted molar refractivity (Wildman–Crippen MR) is 218 cm³/mol. The van der Waals surface area contributed by atoms with Crippen LogP contribution in [-0.4, -0.2) is 16.7 Å². The maximum absolute atomic E-state index is 6.59. The number of para-hydroxylation sites is 1. The molecule has 6 heteroatoms. The van der Waals surface area contributed by atoms with Gasteiger partial charge in [0.2, 0.25) is 6.71 Å². The average molecular weight is 881 g/mol. The fraction of sp³-hybridized carbons (Fsp3) is 0.167. The molecule has 0 saturated heterocycles. The third kappa shape index (κ3) is 7.05. The minimum Gasteiger partial charge on any atom is -0.503 e. The van der Waals surface area contributed by atoms with E-state index in [1.807, 2.05) is 54.9 Å². The minimum atomic E-state index is 0. The zero-order chi connectivity index (χ0) is 36.9. The van der Waals surface area contributed by atoms with Gasteiger partial charge in [-0.25, -0.2) is 0 Å². The number of ether oxygens (including phenoxy) is 2. The molecular formula is C48H41BIrN2O2-2. The van der Waals surface area contributed by atoms with Crippen molar-refractivity contribution >= 4 is 23.1 Å². The standard InChI is InChI=1S/C32H23BNO2.C16H18N.Ir/c1-19-14-15-22(20(2)16-19)24-17-27(34-18-21(24)3)23-8-6-10-26-32(23)36-30-13-7-12-29-31(30)33(26)25-9-4-5-11-28(25)35-29;1-12-5-7-13(8-6-12)15-10-9-14(11-17-15)16(2,3)4;/h4-7,9-18H,1-3H3;5-7,9-11H,1-4H3;/q2*-1;. The van der Waals surface area contributed by atoms with E-state index in [1.54, 1.807) is 0 Å². The molecule has 7 aromatic rings. The number of pyridine rings is 2. The van der Waals surface area contributed by atoms with E-state index in [2.05, 4.69) is 132 Å². The Morgan fingerprint density at radius 3 is 2.07 bits per heavy atom. The molecule has 2 aliphatic rings. The van der Waals surface area contributed by atoms with Crippen LogP contribution >= 0.6 is 0 Å². The molecule has 0 aliphatic carbocycles. The number of hydrogen-bond donors (Lipinski definition) is 0. The first kappa shape index (κ1) is 37.0. The number of aryl methyl sites for hydroxylation is 4. The number of fused-ring (bicyclic) bond motifs is 4. The Morgan fingerprint density at radius 2 is 1.35 bits per heavy atom. The van der Waals surface area contributed by atoms with Crippen molar-refractivity contribution in [3.63, 3.8) is 0 Å². The van der Waals surface area contributed by atoms with E-state index in [1.165, 1.54) is 33.4 Å². The molecule has 0 amide bonds. The molecule has 0 N–H and O–H groups in total. The van der Waals surface area contributed by atoms with E-state index in [-0.39, 0.29) is 32.2 Å². The molecule has 0 fully saturated rings. The summed E-state index contributed by atoms with van der Waals surface area (Å²) in [5.41, 5.74) is 15.8. The molecule has 4 heterocycles. The Morgan fingerprint density at radius 1 is 0.611 bits per heavy atom. The van der Waals surface area contributed by atoms with Crippen LogP contribution in [0.3, 0.4) is 0 Å². The molecule has 5 aromatic carbocycles. The topological polar surface area (TPSA) is 44.2 Å². The van der Waals surface area contributed by atoms with Crippen molar-refractivity contribution in [2.75, 3.05) is 0 Å². The summed E-state index contributed by atoms with van der Waals surface area (Å²) in [5, 5.41) is 0. The summed E-state index contributed by atoms with van der Waals surface area (Å²) in [6, 6.07) is 44.2. The first-order chi connectivity index (χ1) is 25.5. The molecular weight excluding hydrogens is 840 g/mol. The molecule has 9 rings (SSSR count). The zero-order valence-corrected chi connectivity index (χ0v) is 34.1. The summed E-state index contributed by atoms with van der Waals surface area (Å²) in [7, 11) is 0. The molecule has 2 aliphatic heterocycles. The molecule has 0 spiro atoms. The van der Waals surface area contributed by atoms with Crippen molar-refractivity contribution < 1.29 is 29.6 Å². The van der Waals surface area contributed by atoms with Gasteiger partial charge in [-0.05, 0) is 89.1 Å². The van der Waals surface area contributed by atoms with E-state index in [4.69, 9.17) is 14.5 Å². The number of aromatic nitrogens is 2. The minimum absolute atomic E-state index is 0. The van der Waals surface area contributed by atoms with Crippen molar-refractivity contribution in [3.8, 4) is 56.6 Å². The van der Waals surface area contributed by atoms with E-state index in [0.717, 1.165) is 67.5 Å². The fourth-order valence-corrected chi connectivity index (χ4v) is 7.26. The number of hydrogen-bond acceptors (Lipinski definition) is 4. The predicted octanol–water partition coefficient (Wildman–Crippen LogP) is 10.0. The monoisotopic (exact) mass is 881 g/mol. The van der Waals surface area contributed by atoms with E-state index in [9.17, 15) is 0 Å². The molecule has 0 saturated carbocycles. The second-order valence-electron chi connectivity index (χ2n) is 15.1. The number of rotatable bonds is 3. The average Bonchev–Trinajstić information content (AvgIpc) is 3.15. The van der Waals surface area contributed by atoms with Crippen molar-refractivity contribution in [2.45, 2.75) is 53.9 Å². The van der Waals surface area contributed by atoms with Crippen molar-refractivity contribution in [1.82, 2.24) is 9.97 Å². The maximum atomic E-state index is 6.59. The van der Waals surface area contributed by atoms with Crippen LogP contribution in [0.1, 0.15) is 48.6 Å². The molecule has 0 atom stereocenters. The second-order valence-corrected chi connectivity index (χ2v) is 15.1. The Hall–Kier alpha value is -5.29. The molecule has 0 unspecified atom stereocenters. The molecule has 0 bridgehead atoms. The Kier molecular flexibility index (Phi) is 10.2. The van der Waals surface area contributed by atoms with Gasteiger partial charge in [0, 0.05) is 43.7 Å². The van der Waals surface area contributed by atoms with Crippen LogP contribution in [-0.2, 0) is 25.5 Å². The van der Waals surface area contributed by atoms with Gasteiger partial charge >= 0.3 is 0 Å². The van der Waals surface area contributed by atoms with Gasteiger partial charge in [0.05, 0.1) is 0 Å².